The highest BCUT2D eigenvalue weighted by atomic mass is 28.4. The normalized spacial score (nSPS) is 19.9. The van der Waals surface area contributed by atoms with E-state index in [1.807, 2.05) is 54.6 Å². The molecule has 8 heteroatoms. The first kappa shape index (κ1) is 32.1. The average Bonchev–Trinajstić information content (AvgIpc) is 2.93. The molecule has 3 rings (SSSR count). The molecule has 7 nitrogen and oxygen atoms in total. The topological polar surface area (TPSA) is 77.5 Å². The van der Waals surface area contributed by atoms with Crippen molar-refractivity contribution in [2.24, 2.45) is 0 Å². The van der Waals surface area contributed by atoms with Gasteiger partial charge in [0.25, 0.3) is 0 Å². The van der Waals surface area contributed by atoms with Gasteiger partial charge in [0, 0.05) is 32.6 Å². The number of likely N-dealkylation sites (tertiary alicyclic amines) is 1. The molecule has 0 aromatic heterocycles. The van der Waals surface area contributed by atoms with Gasteiger partial charge in [-0.05, 0) is 39.9 Å². The zero-order chi connectivity index (χ0) is 29.3. The fourth-order valence-corrected chi connectivity index (χ4v) is 11.9. The first-order valence-electron chi connectivity index (χ1n) is 14.6. The fraction of sp³-hybridized carbons (Fsp3) is 0.594. The van der Waals surface area contributed by atoms with Crippen molar-refractivity contribution in [3.05, 3.63) is 65.7 Å². The third kappa shape index (κ3) is 7.87. The Hall–Kier alpha value is -2.39. The number of amides is 1. The van der Waals surface area contributed by atoms with E-state index in [2.05, 4.69) is 41.5 Å². The molecule has 40 heavy (non-hydrogen) atoms. The maximum absolute atomic E-state index is 13.2. The molecule has 0 unspecified atom stereocenters. The molecule has 1 aliphatic heterocycles. The molecular formula is C32H49NO6Si. The highest BCUT2D eigenvalue weighted by Gasteiger charge is 2.50. The lowest BCUT2D eigenvalue weighted by Gasteiger charge is -2.49. The smallest absolute Gasteiger partial charge is 0.410 e. The van der Waals surface area contributed by atoms with Crippen LogP contribution in [0.2, 0.25) is 16.6 Å². The maximum atomic E-state index is 13.2. The van der Waals surface area contributed by atoms with Crippen molar-refractivity contribution in [2.45, 2.75) is 89.3 Å². The van der Waals surface area contributed by atoms with Crippen LogP contribution in [0.1, 0.15) is 65.0 Å². The van der Waals surface area contributed by atoms with Gasteiger partial charge in [0.15, 0.2) is 0 Å². The summed E-state index contributed by atoms with van der Waals surface area (Å²) in [4.78, 5) is 14.8. The Labute approximate surface area is 241 Å². The fourth-order valence-electron chi connectivity index (χ4n) is 6.35. The summed E-state index contributed by atoms with van der Waals surface area (Å²) >= 11 is 0. The number of ether oxygens (including phenoxy) is 3. The first-order valence-corrected chi connectivity index (χ1v) is 16.8. The zero-order valence-electron chi connectivity index (χ0n) is 25.3. The molecule has 1 N–H and O–H groups in total. The molecule has 0 radical (unpaired) electrons. The zero-order valence-corrected chi connectivity index (χ0v) is 26.3. The molecule has 2 aromatic rings. The van der Waals surface area contributed by atoms with Crippen LogP contribution in [0, 0.1) is 0 Å². The number of carbonyl (C=O) groups excluding carboxylic acids is 1. The largest absolute Gasteiger partial charge is 0.494 e. The third-order valence-corrected chi connectivity index (χ3v) is 14.3. The van der Waals surface area contributed by atoms with E-state index >= 15 is 0 Å². The Balaban J connectivity index is 1.86. The Morgan fingerprint density at radius 3 is 2.12 bits per heavy atom. The standard InChI is InChI=1S/C32H49NO6Si/c1-23(2)40(24(3)4,25(5)6)39-30-21-33(32(35)38-22-26-12-9-8-10-13-26)20-29(34)31(30)27-14-16-28(17-15-27)37-19-11-18-36-7/h8-10,12-17,23-25,29-31,34H,11,18-22H2,1-7H3/t29-,30+,31+/m0/s1. The predicted molar refractivity (Wildman–Crippen MR) is 161 cm³/mol. The second-order valence-electron chi connectivity index (χ2n) is 11.8. The van der Waals surface area contributed by atoms with Crippen LogP contribution in [-0.4, -0.2) is 70.0 Å². The van der Waals surface area contributed by atoms with Crippen LogP contribution in [0.3, 0.4) is 0 Å². The molecule has 1 fully saturated rings. The van der Waals surface area contributed by atoms with E-state index in [0.29, 0.717) is 36.4 Å². The van der Waals surface area contributed by atoms with E-state index in [-0.39, 0.29) is 25.2 Å². The van der Waals surface area contributed by atoms with Gasteiger partial charge in [0.1, 0.15) is 12.4 Å². The van der Waals surface area contributed by atoms with Crippen molar-refractivity contribution in [3.63, 3.8) is 0 Å². The number of aliphatic hydroxyl groups is 1. The number of aliphatic hydroxyl groups excluding tert-OH is 1. The van der Waals surface area contributed by atoms with Gasteiger partial charge in [-0.3, -0.25) is 0 Å². The van der Waals surface area contributed by atoms with Crippen LogP contribution in [0.4, 0.5) is 4.79 Å². The molecule has 0 saturated carbocycles. The minimum Gasteiger partial charge on any atom is -0.494 e. The van der Waals surface area contributed by atoms with Gasteiger partial charge < -0.3 is 28.6 Å². The Kier molecular flexibility index (Phi) is 12.1. The lowest BCUT2D eigenvalue weighted by atomic mass is 9.85. The number of piperidine rings is 1. The molecule has 1 amide bonds. The second kappa shape index (κ2) is 15.0. The van der Waals surface area contributed by atoms with Crippen molar-refractivity contribution in [2.75, 3.05) is 33.4 Å². The van der Waals surface area contributed by atoms with Crippen LogP contribution >= 0.6 is 0 Å². The summed E-state index contributed by atoms with van der Waals surface area (Å²) in [6, 6.07) is 17.6. The van der Waals surface area contributed by atoms with Gasteiger partial charge in [0.2, 0.25) is 8.32 Å². The average molecular weight is 572 g/mol. The number of rotatable bonds is 13. The van der Waals surface area contributed by atoms with E-state index in [1.54, 1.807) is 12.0 Å². The van der Waals surface area contributed by atoms with Gasteiger partial charge in [-0.15, -0.1) is 0 Å². The SMILES string of the molecule is COCCCOc1ccc([C@@H]2[C@@H](O)CN(C(=O)OCc3ccccc3)C[C@H]2O[Si](C(C)C)(C(C)C)C(C)C)cc1. The molecule has 222 valence electrons. The molecule has 0 bridgehead atoms. The maximum Gasteiger partial charge on any atom is 0.410 e. The van der Waals surface area contributed by atoms with Crippen molar-refractivity contribution in [3.8, 4) is 5.75 Å². The summed E-state index contributed by atoms with van der Waals surface area (Å²) in [5.41, 5.74) is 3.02. The predicted octanol–water partition coefficient (Wildman–Crippen LogP) is 6.76. The minimum absolute atomic E-state index is 0.188. The Morgan fingerprint density at radius 2 is 1.55 bits per heavy atom. The highest BCUT2D eigenvalue weighted by Crippen LogP contribution is 2.45. The number of benzene rings is 2. The first-order chi connectivity index (χ1) is 19.1. The summed E-state index contributed by atoms with van der Waals surface area (Å²) in [6.07, 6.45) is -0.770. The van der Waals surface area contributed by atoms with Gasteiger partial charge in [-0.1, -0.05) is 84.0 Å². The van der Waals surface area contributed by atoms with E-state index in [9.17, 15) is 9.90 Å². The number of nitrogens with zero attached hydrogens (tertiary/aromatic N) is 1. The van der Waals surface area contributed by atoms with Gasteiger partial charge in [0.05, 0.1) is 25.4 Å². The van der Waals surface area contributed by atoms with Crippen molar-refractivity contribution in [1.82, 2.24) is 4.90 Å². The minimum atomic E-state index is -2.32. The number of hydrogen-bond acceptors (Lipinski definition) is 6. The molecule has 1 heterocycles. The van der Waals surface area contributed by atoms with Crippen LogP contribution in [0.5, 0.6) is 5.75 Å². The summed E-state index contributed by atoms with van der Waals surface area (Å²) in [5, 5.41) is 11.5. The quantitative estimate of drug-likeness (QED) is 0.211. The van der Waals surface area contributed by atoms with E-state index in [1.165, 1.54) is 0 Å². The van der Waals surface area contributed by atoms with E-state index < -0.39 is 20.5 Å². The van der Waals surface area contributed by atoms with Crippen molar-refractivity contribution in [1.29, 1.82) is 0 Å². The molecule has 2 aromatic carbocycles. The monoisotopic (exact) mass is 571 g/mol. The van der Waals surface area contributed by atoms with Crippen LogP contribution in [-0.2, 0) is 20.5 Å². The Morgan fingerprint density at radius 1 is 0.925 bits per heavy atom. The summed E-state index contributed by atoms with van der Waals surface area (Å²) < 4.78 is 23.9. The van der Waals surface area contributed by atoms with Crippen LogP contribution in [0.15, 0.2) is 54.6 Å². The molecule has 0 spiro atoms. The van der Waals surface area contributed by atoms with Crippen molar-refractivity contribution < 1.29 is 28.5 Å². The summed E-state index contributed by atoms with van der Waals surface area (Å²) in [7, 11) is -0.635. The lowest BCUT2D eigenvalue weighted by molar-refractivity contribution is -0.0255. The summed E-state index contributed by atoms with van der Waals surface area (Å²) in [5.74, 6) is 0.507. The van der Waals surface area contributed by atoms with E-state index in [0.717, 1.165) is 23.3 Å². The molecule has 1 aliphatic rings. The number of methoxy groups -OCH3 is 1. The lowest BCUT2D eigenvalue weighted by Crippen LogP contribution is -2.59. The molecular weight excluding hydrogens is 522 g/mol. The molecule has 3 atom stereocenters. The second-order valence-corrected chi connectivity index (χ2v) is 17.2. The van der Waals surface area contributed by atoms with Crippen LogP contribution in [0.25, 0.3) is 0 Å². The highest BCUT2D eigenvalue weighted by molar-refractivity contribution is 6.77. The Bertz CT molecular complexity index is 1010. The van der Waals surface area contributed by atoms with Gasteiger partial charge >= 0.3 is 6.09 Å². The molecule has 1 saturated heterocycles. The number of β-amino-alcohol motifs (C(OH)–C–C–N with tert-alkyl or cyclic N) is 1. The van der Waals surface area contributed by atoms with Gasteiger partial charge in [-0.2, -0.15) is 0 Å². The van der Waals surface area contributed by atoms with E-state index in [4.69, 9.17) is 18.6 Å². The van der Waals surface area contributed by atoms with Crippen molar-refractivity contribution >= 4 is 14.4 Å². The number of carbonyl (C=O) groups is 1. The van der Waals surface area contributed by atoms with Crippen LogP contribution < -0.4 is 4.74 Å². The molecule has 0 aliphatic carbocycles. The third-order valence-electron chi connectivity index (χ3n) is 8.18. The number of hydrogen-bond donors (Lipinski definition) is 1. The summed E-state index contributed by atoms with van der Waals surface area (Å²) in [6.45, 7) is 15.5. The van der Waals surface area contributed by atoms with Gasteiger partial charge in [-0.25, -0.2) is 4.79 Å².